The maximum Gasteiger partial charge on any atom is 0.158 e. The predicted molar refractivity (Wildman–Crippen MR) is 68.1 cm³/mol. The molecule has 4 heteroatoms. The van der Waals surface area contributed by atoms with E-state index < -0.39 is 0 Å². The maximum atomic E-state index is 5.60. The van der Waals surface area contributed by atoms with Gasteiger partial charge in [-0.3, -0.25) is 0 Å². The van der Waals surface area contributed by atoms with E-state index in [0.29, 0.717) is 0 Å². The molecule has 0 radical (unpaired) electrons. The standard InChI is InChI=1S/C13H26N2O2/c1-2-15(12-4-7-14-8-5-12)9-6-13-16-10-3-11-17-13/h12-14H,2-11H2,1H3. The highest BCUT2D eigenvalue weighted by Crippen LogP contribution is 2.15. The quantitative estimate of drug-likeness (QED) is 0.786. The Balaban J connectivity index is 1.70. The molecule has 0 aromatic rings. The van der Waals surface area contributed by atoms with E-state index in [1.54, 1.807) is 0 Å². The van der Waals surface area contributed by atoms with Gasteiger partial charge >= 0.3 is 0 Å². The highest BCUT2D eigenvalue weighted by atomic mass is 16.7. The topological polar surface area (TPSA) is 33.7 Å². The zero-order valence-electron chi connectivity index (χ0n) is 11.0. The summed E-state index contributed by atoms with van der Waals surface area (Å²) in [5.74, 6) is 0. The minimum atomic E-state index is 0.0412. The molecule has 0 bridgehead atoms. The summed E-state index contributed by atoms with van der Waals surface area (Å²) in [5.41, 5.74) is 0. The summed E-state index contributed by atoms with van der Waals surface area (Å²) in [6.07, 6.45) is 4.65. The SMILES string of the molecule is CCN(CCC1OCCCO1)C1CCNCC1. The number of hydrogen-bond acceptors (Lipinski definition) is 4. The Morgan fingerprint density at radius 3 is 2.53 bits per heavy atom. The van der Waals surface area contributed by atoms with Crippen molar-refractivity contribution >= 4 is 0 Å². The maximum absolute atomic E-state index is 5.60. The second kappa shape index (κ2) is 7.31. The van der Waals surface area contributed by atoms with Crippen LogP contribution in [0.1, 0.15) is 32.6 Å². The van der Waals surface area contributed by atoms with E-state index >= 15 is 0 Å². The average Bonchev–Trinajstić information content (AvgIpc) is 2.42. The van der Waals surface area contributed by atoms with Gasteiger partial charge in [0.05, 0.1) is 13.2 Å². The molecule has 0 saturated carbocycles. The first-order valence-corrected chi connectivity index (χ1v) is 7.08. The number of nitrogens with one attached hydrogen (secondary N) is 1. The molecule has 2 heterocycles. The minimum absolute atomic E-state index is 0.0412. The Kier molecular flexibility index (Phi) is 5.71. The lowest BCUT2D eigenvalue weighted by Gasteiger charge is -2.35. The average molecular weight is 242 g/mol. The van der Waals surface area contributed by atoms with Gasteiger partial charge in [-0.1, -0.05) is 6.92 Å². The van der Waals surface area contributed by atoms with Crippen molar-refractivity contribution in [1.29, 1.82) is 0 Å². The van der Waals surface area contributed by atoms with Crippen LogP contribution in [0.2, 0.25) is 0 Å². The second-order valence-electron chi connectivity index (χ2n) is 4.92. The third-order valence-corrected chi connectivity index (χ3v) is 3.78. The first-order chi connectivity index (χ1) is 8.40. The molecular weight excluding hydrogens is 216 g/mol. The molecule has 2 aliphatic rings. The first kappa shape index (κ1) is 13.3. The van der Waals surface area contributed by atoms with Gasteiger partial charge in [-0.05, 0) is 38.9 Å². The molecule has 0 spiro atoms. The Morgan fingerprint density at radius 1 is 1.18 bits per heavy atom. The second-order valence-corrected chi connectivity index (χ2v) is 4.92. The van der Waals surface area contributed by atoms with Crippen molar-refractivity contribution in [2.45, 2.75) is 44.9 Å². The minimum Gasteiger partial charge on any atom is -0.353 e. The van der Waals surface area contributed by atoms with Crippen LogP contribution in [0, 0.1) is 0 Å². The third-order valence-electron chi connectivity index (χ3n) is 3.78. The lowest BCUT2D eigenvalue weighted by Crippen LogP contribution is -2.44. The largest absolute Gasteiger partial charge is 0.353 e. The van der Waals surface area contributed by atoms with Crippen LogP contribution >= 0.6 is 0 Å². The highest BCUT2D eigenvalue weighted by Gasteiger charge is 2.21. The predicted octanol–water partition coefficient (Wildman–Crippen LogP) is 1.21. The van der Waals surface area contributed by atoms with E-state index in [4.69, 9.17) is 9.47 Å². The van der Waals surface area contributed by atoms with Crippen molar-refractivity contribution in [3.05, 3.63) is 0 Å². The van der Waals surface area contributed by atoms with Crippen LogP contribution < -0.4 is 5.32 Å². The summed E-state index contributed by atoms with van der Waals surface area (Å²) in [7, 11) is 0. The zero-order chi connectivity index (χ0) is 11.9. The summed E-state index contributed by atoms with van der Waals surface area (Å²) in [4.78, 5) is 2.59. The summed E-state index contributed by atoms with van der Waals surface area (Å²) >= 11 is 0. The molecule has 0 aliphatic carbocycles. The highest BCUT2D eigenvalue weighted by molar-refractivity contribution is 4.77. The van der Waals surface area contributed by atoms with Crippen LogP contribution in [0.5, 0.6) is 0 Å². The van der Waals surface area contributed by atoms with E-state index in [1.807, 2.05) is 0 Å². The van der Waals surface area contributed by atoms with Gasteiger partial charge in [0.1, 0.15) is 0 Å². The zero-order valence-corrected chi connectivity index (χ0v) is 11.0. The van der Waals surface area contributed by atoms with Crippen LogP contribution in [0.25, 0.3) is 0 Å². The Morgan fingerprint density at radius 2 is 1.88 bits per heavy atom. The van der Waals surface area contributed by atoms with Crippen molar-refractivity contribution in [2.75, 3.05) is 39.4 Å². The fraction of sp³-hybridized carbons (Fsp3) is 1.00. The Bertz CT molecular complexity index is 202. The van der Waals surface area contributed by atoms with Crippen molar-refractivity contribution in [2.24, 2.45) is 0 Å². The van der Waals surface area contributed by atoms with Gasteiger partial charge in [-0.25, -0.2) is 0 Å². The van der Waals surface area contributed by atoms with Crippen molar-refractivity contribution in [3.8, 4) is 0 Å². The van der Waals surface area contributed by atoms with Crippen LogP contribution in [0.4, 0.5) is 0 Å². The Labute approximate surface area is 105 Å². The molecule has 17 heavy (non-hydrogen) atoms. The van der Waals surface area contributed by atoms with Gasteiger partial charge in [0.15, 0.2) is 6.29 Å². The lowest BCUT2D eigenvalue weighted by molar-refractivity contribution is -0.183. The number of piperidine rings is 1. The van der Waals surface area contributed by atoms with E-state index in [9.17, 15) is 0 Å². The van der Waals surface area contributed by atoms with Gasteiger partial charge in [0.25, 0.3) is 0 Å². The number of nitrogens with zero attached hydrogens (tertiary/aromatic N) is 1. The summed E-state index contributed by atoms with van der Waals surface area (Å²) < 4.78 is 11.2. The number of ether oxygens (including phenoxy) is 2. The van der Waals surface area contributed by atoms with E-state index in [-0.39, 0.29) is 6.29 Å². The van der Waals surface area contributed by atoms with Gasteiger partial charge in [-0.2, -0.15) is 0 Å². The molecule has 100 valence electrons. The summed E-state index contributed by atoms with van der Waals surface area (Å²) in [6.45, 7) is 8.55. The normalized spacial score (nSPS) is 24.4. The van der Waals surface area contributed by atoms with Crippen molar-refractivity contribution < 1.29 is 9.47 Å². The molecule has 2 aliphatic heterocycles. The molecule has 2 fully saturated rings. The summed E-state index contributed by atoms with van der Waals surface area (Å²) in [5, 5.41) is 3.42. The van der Waals surface area contributed by atoms with Crippen LogP contribution in [-0.2, 0) is 9.47 Å². The monoisotopic (exact) mass is 242 g/mol. The molecule has 0 aromatic carbocycles. The molecule has 2 rings (SSSR count). The van der Waals surface area contributed by atoms with E-state index in [2.05, 4.69) is 17.1 Å². The third kappa shape index (κ3) is 4.21. The van der Waals surface area contributed by atoms with Crippen LogP contribution in [-0.4, -0.2) is 56.6 Å². The lowest BCUT2D eigenvalue weighted by atomic mass is 10.0. The molecule has 2 saturated heterocycles. The smallest absolute Gasteiger partial charge is 0.158 e. The van der Waals surface area contributed by atoms with Crippen molar-refractivity contribution in [3.63, 3.8) is 0 Å². The van der Waals surface area contributed by atoms with Gasteiger partial charge in [-0.15, -0.1) is 0 Å². The molecular formula is C13H26N2O2. The van der Waals surface area contributed by atoms with Gasteiger partial charge in [0, 0.05) is 19.0 Å². The molecule has 0 amide bonds. The Hall–Kier alpha value is -0.160. The summed E-state index contributed by atoms with van der Waals surface area (Å²) in [6, 6.07) is 0.754. The van der Waals surface area contributed by atoms with Gasteiger partial charge < -0.3 is 19.7 Å². The van der Waals surface area contributed by atoms with Crippen molar-refractivity contribution in [1.82, 2.24) is 10.2 Å². The number of hydrogen-bond donors (Lipinski definition) is 1. The van der Waals surface area contributed by atoms with Crippen LogP contribution in [0.15, 0.2) is 0 Å². The number of rotatable bonds is 5. The molecule has 0 unspecified atom stereocenters. The van der Waals surface area contributed by atoms with E-state index in [1.165, 1.54) is 12.8 Å². The fourth-order valence-electron chi connectivity index (χ4n) is 2.75. The molecule has 4 nitrogen and oxygen atoms in total. The first-order valence-electron chi connectivity index (χ1n) is 7.08. The molecule has 0 aromatic heterocycles. The van der Waals surface area contributed by atoms with Crippen LogP contribution in [0.3, 0.4) is 0 Å². The van der Waals surface area contributed by atoms with Gasteiger partial charge in [0.2, 0.25) is 0 Å². The fourth-order valence-corrected chi connectivity index (χ4v) is 2.75. The molecule has 0 atom stereocenters. The van der Waals surface area contributed by atoms with E-state index in [0.717, 1.165) is 58.3 Å². The molecule has 1 N–H and O–H groups in total.